The molecule has 0 saturated carbocycles. The summed E-state index contributed by atoms with van der Waals surface area (Å²) in [7, 11) is 0. The maximum absolute atomic E-state index is 13.1. The quantitative estimate of drug-likeness (QED) is 0.0261. The van der Waals surface area contributed by atoms with Crippen LogP contribution in [0, 0.1) is 0 Å². The molecule has 0 aromatic carbocycles. The van der Waals surface area contributed by atoms with Crippen molar-refractivity contribution in [3.63, 3.8) is 0 Å². The van der Waals surface area contributed by atoms with Gasteiger partial charge in [0, 0.05) is 6.42 Å². The lowest BCUT2D eigenvalue weighted by molar-refractivity contribution is -0.302. The zero-order valence-electron chi connectivity index (χ0n) is 53.0. The first kappa shape index (κ1) is 76.9. The Bertz CT molecular complexity index is 1460. The van der Waals surface area contributed by atoms with E-state index in [9.17, 15) is 30.3 Å². The number of carbonyl (C=O) groups excluding carboxylic acids is 1. The van der Waals surface area contributed by atoms with Crippen LogP contribution in [-0.4, -0.2) is 87.5 Å². The molecule has 1 fully saturated rings. The fraction of sp³-hybridized carbons (Fsp3) is 0.847. The molecule has 0 spiro atoms. The molecule has 0 radical (unpaired) electrons. The Morgan fingerprint density at radius 1 is 0.420 bits per heavy atom. The molecule has 1 saturated heterocycles. The second-order valence-corrected chi connectivity index (χ2v) is 24.3. The van der Waals surface area contributed by atoms with Crippen LogP contribution in [0.3, 0.4) is 0 Å². The molecule has 0 aliphatic carbocycles. The first-order valence-corrected chi connectivity index (χ1v) is 35.0. The third-order valence-corrected chi connectivity index (χ3v) is 16.6. The van der Waals surface area contributed by atoms with Gasteiger partial charge < -0.3 is 40.3 Å². The standard InChI is InChI=1S/C72H133NO8/c1-3-5-7-9-11-13-15-17-19-21-23-25-26-27-28-29-30-31-32-33-34-35-36-37-38-39-40-42-44-46-48-50-52-54-56-58-60-62-68(76)73-65(64-80-72-71(79)70(78)69(77)67(63-74)81-72)66(75)61-59-57-55-53-51-49-47-45-43-41-24-22-20-18-16-14-12-10-8-6-4-2/h15,17,21,23,26-27,51,53,59,61,65-67,69-72,74-75,77-79H,3-14,16,18-20,22,24-25,28-50,52,54-58,60,62-64H2,1-2H3,(H,73,76)/b17-15-,23-21-,27-26-,53-51+,61-59+. The normalized spacial score (nSPS) is 18.7. The van der Waals surface area contributed by atoms with Gasteiger partial charge in [-0.15, -0.1) is 0 Å². The van der Waals surface area contributed by atoms with E-state index in [4.69, 9.17) is 9.47 Å². The van der Waals surface area contributed by atoms with Gasteiger partial charge in [-0.1, -0.05) is 319 Å². The Balaban J connectivity index is 2.10. The van der Waals surface area contributed by atoms with E-state index in [0.29, 0.717) is 6.42 Å². The third kappa shape index (κ3) is 49.8. The smallest absolute Gasteiger partial charge is 0.220 e. The van der Waals surface area contributed by atoms with Crippen LogP contribution in [0.4, 0.5) is 0 Å². The van der Waals surface area contributed by atoms with Gasteiger partial charge in [0.15, 0.2) is 6.29 Å². The van der Waals surface area contributed by atoms with Gasteiger partial charge in [0.25, 0.3) is 0 Å². The number of aliphatic hydroxyl groups is 5. The number of unbranched alkanes of at least 4 members (excludes halogenated alkanes) is 43. The second-order valence-electron chi connectivity index (χ2n) is 24.3. The third-order valence-electron chi connectivity index (χ3n) is 16.6. The van der Waals surface area contributed by atoms with Gasteiger partial charge in [-0.05, 0) is 70.6 Å². The lowest BCUT2D eigenvalue weighted by Crippen LogP contribution is -2.60. The van der Waals surface area contributed by atoms with Crippen molar-refractivity contribution >= 4 is 5.91 Å². The van der Waals surface area contributed by atoms with Crippen molar-refractivity contribution in [3.05, 3.63) is 60.8 Å². The van der Waals surface area contributed by atoms with Gasteiger partial charge in [0.2, 0.25) is 5.91 Å². The van der Waals surface area contributed by atoms with Crippen LogP contribution in [-0.2, 0) is 14.3 Å². The lowest BCUT2D eigenvalue weighted by atomic mass is 9.99. The molecular formula is C72H133NO8. The van der Waals surface area contributed by atoms with E-state index < -0.39 is 49.5 Å². The number of rotatable bonds is 61. The molecule has 7 atom stereocenters. The van der Waals surface area contributed by atoms with Crippen molar-refractivity contribution in [2.75, 3.05) is 13.2 Å². The number of hydrogen-bond acceptors (Lipinski definition) is 8. The molecule has 9 heteroatoms. The molecule has 0 aromatic heterocycles. The molecule has 1 rings (SSSR count). The highest BCUT2D eigenvalue weighted by molar-refractivity contribution is 5.76. The van der Waals surface area contributed by atoms with E-state index in [1.807, 2.05) is 6.08 Å². The van der Waals surface area contributed by atoms with E-state index in [-0.39, 0.29) is 12.5 Å². The number of nitrogens with one attached hydrogen (secondary N) is 1. The average molecular weight is 1140 g/mol. The van der Waals surface area contributed by atoms with Gasteiger partial charge in [-0.2, -0.15) is 0 Å². The summed E-state index contributed by atoms with van der Waals surface area (Å²) >= 11 is 0. The highest BCUT2D eigenvalue weighted by Gasteiger charge is 2.44. The molecule has 1 aliphatic heterocycles. The number of hydrogen-bond donors (Lipinski definition) is 6. The Kier molecular flexibility index (Phi) is 57.9. The minimum atomic E-state index is -1.57. The SMILES string of the molecule is CCCCCCC/C=C\C/C=C\C/C=C\CCCCCCCCCCCCCCCCCCCCCCCCC(=O)NC(COC1OC(CO)C(O)C(O)C1O)C(O)/C=C/CC/C=C/CCCCCCCCCCCCCCCCC. The maximum atomic E-state index is 13.1. The summed E-state index contributed by atoms with van der Waals surface area (Å²) in [5.41, 5.74) is 0. The summed E-state index contributed by atoms with van der Waals surface area (Å²) in [6.45, 7) is 3.79. The Morgan fingerprint density at radius 2 is 0.741 bits per heavy atom. The maximum Gasteiger partial charge on any atom is 0.220 e. The van der Waals surface area contributed by atoms with Crippen LogP contribution in [0.2, 0.25) is 0 Å². The number of amides is 1. The van der Waals surface area contributed by atoms with Gasteiger partial charge in [0.1, 0.15) is 24.4 Å². The summed E-state index contributed by atoms with van der Waals surface area (Å²) in [5, 5.41) is 54.7. The molecule has 474 valence electrons. The van der Waals surface area contributed by atoms with Crippen LogP contribution < -0.4 is 5.32 Å². The van der Waals surface area contributed by atoms with Crippen molar-refractivity contribution in [1.82, 2.24) is 5.32 Å². The lowest BCUT2D eigenvalue weighted by Gasteiger charge is -2.40. The molecule has 81 heavy (non-hydrogen) atoms. The zero-order valence-corrected chi connectivity index (χ0v) is 53.0. The summed E-state index contributed by atoms with van der Waals surface area (Å²) in [5.74, 6) is -0.181. The molecule has 0 bridgehead atoms. The van der Waals surface area contributed by atoms with Crippen molar-refractivity contribution < 1.29 is 39.8 Å². The Labute approximate surface area is 500 Å². The van der Waals surface area contributed by atoms with Gasteiger partial charge >= 0.3 is 0 Å². The number of ether oxygens (including phenoxy) is 2. The highest BCUT2D eigenvalue weighted by Crippen LogP contribution is 2.23. The van der Waals surface area contributed by atoms with Crippen molar-refractivity contribution in [2.45, 2.75) is 378 Å². The van der Waals surface area contributed by atoms with E-state index >= 15 is 0 Å². The summed E-state index contributed by atoms with van der Waals surface area (Å²) < 4.78 is 11.3. The second kappa shape index (κ2) is 61.0. The van der Waals surface area contributed by atoms with Crippen LogP contribution in [0.15, 0.2) is 60.8 Å². The van der Waals surface area contributed by atoms with Gasteiger partial charge in [-0.3, -0.25) is 4.79 Å². The average Bonchev–Trinajstić information content (AvgIpc) is 3.49. The fourth-order valence-electron chi connectivity index (χ4n) is 11.1. The van der Waals surface area contributed by atoms with E-state index in [1.165, 1.54) is 263 Å². The largest absolute Gasteiger partial charge is 0.394 e. The van der Waals surface area contributed by atoms with Crippen LogP contribution >= 0.6 is 0 Å². The summed E-state index contributed by atoms with van der Waals surface area (Å²) in [6, 6.07) is -0.823. The van der Waals surface area contributed by atoms with Crippen LogP contribution in [0.1, 0.15) is 335 Å². The molecule has 6 N–H and O–H groups in total. The number of carbonyl (C=O) groups is 1. The van der Waals surface area contributed by atoms with Crippen molar-refractivity contribution in [1.29, 1.82) is 0 Å². The highest BCUT2D eigenvalue weighted by atomic mass is 16.7. The monoisotopic (exact) mass is 1140 g/mol. The fourth-order valence-corrected chi connectivity index (χ4v) is 11.1. The summed E-state index contributed by atoms with van der Waals surface area (Å²) in [4.78, 5) is 13.1. The minimum absolute atomic E-state index is 0.181. The molecule has 0 aromatic rings. The minimum Gasteiger partial charge on any atom is -0.394 e. The first-order valence-electron chi connectivity index (χ1n) is 35.0. The summed E-state index contributed by atoms with van der Waals surface area (Å²) in [6.07, 6.45) is 77.6. The van der Waals surface area contributed by atoms with Crippen molar-refractivity contribution in [2.24, 2.45) is 0 Å². The molecule has 7 unspecified atom stereocenters. The Morgan fingerprint density at radius 3 is 1.12 bits per heavy atom. The number of allylic oxidation sites excluding steroid dienone is 9. The molecule has 9 nitrogen and oxygen atoms in total. The van der Waals surface area contributed by atoms with Crippen molar-refractivity contribution in [3.8, 4) is 0 Å². The first-order chi connectivity index (χ1) is 39.8. The van der Waals surface area contributed by atoms with Crippen LogP contribution in [0.25, 0.3) is 0 Å². The zero-order chi connectivity index (χ0) is 58.6. The van der Waals surface area contributed by atoms with Gasteiger partial charge in [0.05, 0.1) is 25.4 Å². The van der Waals surface area contributed by atoms with E-state index in [0.717, 1.165) is 51.4 Å². The Hall–Kier alpha value is -2.11. The molecule has 1 aliphatic rings. The van der Waals surface area contributed by atoms with E-state index in [1.54, 1.807) is 6.08 Å². The predicted octanol–water partition coefficient (Wildman–Crippen LogP) is 19.0. The van der Waals surface area contributed by atoms with Crippen LogP contribution in [0.5, 0.6) is 0 Å². The molecule has 1 heterocycles. The molecule has 1 amide bonds. The van der Waals surface area contributed by atoms with Gasteiger partial charge in [-0.25, -0.2) is 0 Å². The van der Waals surface area contributed by atoms with E-state index in [2.05, 4.69) is 67.8 Å². The molecular weight excluding hydrogens is 1010 g/mol. The number of aliphatic hydroxyl groups excluding tert-OH is 5. The predicted molar refractivity (Wildman–Crippen MR) is 346 cm³/mol. The topological polar surface area (TPSA) is 149 Å².